The topological polar surface area (TPSA) is 57.0 Å². The van der Waals surface area contributed by atoms with Crippen molar-refractivity contribution in [3.63, 3.8) is 0 Å². The molecule has 0 aliphatic carbocycles. The number of quaternary nitrogens is 1. The van der Waals surface area contributed by atoms with Crippen molar-refractivity contribution in [3.05, 3.63) is 119 Å². The second-order valence-electron chi connectivity index (χ2n) is 7.69. The SMILES string of the molecule is [O-][NH+](O)c1ccc(OCCC[P+](c2ccccc2)(c2ccccc2)c2ccccc2)c(Cl)c1. The van der Waals surface area contributed by atoms with E-state index in [0.29, 0.717) is 17.4 Å². The fraction of sp³-hybridized carbons (Fsp3) is 0.111. The first-order chi connectivity index (χ1) is 16.1. The summed E-state index contributed by atoms with van der Waals surface area (Å²) in [5.41, 5.74) is 0.148. The van der Waals surface area contributed by atoms with Gasteiger partial charge in [0, 0.05) is 18.6 Å². The fourth-order valence-corrected chi connectivity index (χ4v) is 8.67. The maximum atomic E-state index is 11.1. The Balaban J connectivity index is 1.62. The van der Waals surface area contributed by atoms with Crippen molar-refractivity contribution in [2.45, 2.75) is 6.42 Å². The highest BCUT2D eigenvalue weighted by atomic mass is 35.5. The number of hydrogen-bond acceptors (Lipinski definition) is 3. The molecule has 4 aromatic carbocycles. The third-order valence-corrected chi connectivity index (χ3v) is 10.5. The zero-order valence-corrected chi connectivity index (χ0v) is 19.8. The lowest BCUT2D eigenvalue weighted by atomic mass is 10.3. The largest absolute Gasteiger partial charge is 0.595 e. The van der Waals surface area contributed by atoms with E-state index in [1.165, 1.54) is 28.0 Å². The van der Waals surface area contributed by atoms with Crippen LogP contribution in [0.3, 0.4) is 0 Å². The maximum absolute atomic E-state index is 11.1. The minimum Gasteiger partial charge on any atom is -0.595 e. The number of ether oxygens (including phenoxy) is 1. The quantitative estimate of drug-likeness (QED) is 0.211. The summed E-state index contributed by atoms with van der Waals surface area (Å²) in [6.45, 7) is 0.486. The summed E-state index contributed by atoms with van der Waals surface area (Å²) in [6.07, 6.45) is 1.76. The van der Waals surface area contributed by atoms with Gasteiger partial charge in [-0.25, -0.2) is 5.21 Å². The van der Waals surface area contributed by atoms with Gasteiger partial charge < -0.3 is 9.94 Å². The third-order valence-electron chi connectivity index (χ3n) is 5.67. The molecule has 0 spiro atoms. The Labute approximate surface area is 199 Å². The fourth-order valence-electron chi connectivity index (χ4n) is 4.12. The molecule has 33 heavy (non-hydrogen) atoms. The van der Waals surface area contributed by atoms with Crippen LogP contribution in [0, 0.1) is 5.21 Å². The van der Waals surface area contributed by atoms with E-state index in [1.54, 1.807) is 6.07 Å². The second kappa shape index (κ2) is 10.9. The van der Waals surface area contributed by atoms with Crippen LogP contribution >= 0.6 is 18.9 Å². The van der Waals surface area contributed by atoms with Crippen LogP contribution in [0.25, 0.3) is 0 Å². The van der Waals surface area contributed by atoms with Crippen LogP contribution in [0.5, 0.6) is 5.75 Å². The molecule has 0 heterocycles. The summed E-state index contributed by atoms with van der Waals surface area (Å²) in [5.74, 6) is 0.504. The van der Waals surface area contributed by atoms with E-state index >= 15 is 0 Å². The molecule has 1 atom stereocenters. The molecule has 0 radical (unpaired) electrons. The van der Waals surface area contributed by atoms with Crippen molar-refractivity contribution >= 4 is 40.5 Å². The van der Waals surface area contributed by atoms with Gasteiger partial charge in [-0.1, -0.05) is 66.2 Å². The summed E-state index contributed by atoms with van der Waals surface area (Å²) in [5, 5.41) is 23.6. The Bertz CT molecular complexity index is 1060. The van der Waals surface area contributed by atoms with Gasteiger partial charge in [0.25, 0.3) is 0 Å². The van der Waals surface area contributed by atoms with Crippen molar-refractivity contribution in [3.8, 4) is 5.75 Å². The van der Waals surface area contributed by atoms with Crippen LogP contribution in [-0.2, 0) is 0 Å². The van der Waals surface area contributed by atoms with Crippen LogP contribution in [0.4, 0.5) is 5.69 Å². The van der Waals surface area contributed by atoms with E-state index in [1.807, 2.05) is 0 Å². The van der Waals surface area contributed by atoms with E-state index in [-0.39, 0.29) is 5.69 Å². The van der Waals surface area contributed by atoms with Crippen LogP contribution < -0.4 is 25.9 Å². The minimum absolute atomic E-state index is 0.148. The lowest BCUT2D eigenvalue weighted by Crippen LogP contribution is -2.99. The van der Waals surface area contributed by atoms with Crippen LogP contribution in [-0.4, -0.2) is 18.0 Å². The normalized spacial score (nSPS) is 12.3. The monoisotopic (exact) mass is 478 g/mol. The predicted octanol–water partition coefficient (Wildman–Crippen LogP) is 4.51. The van der Waals surface area contributed by atoms with Crippen molar-refractivity contribution in [1.29, 1.82) is 0 Å². The number of benzene rings is 4. The van der Waals surface area contributed by atoms with Gasteiger partial charge in [-0.15, -0.1) is 0 Å². The molecule has 1 unspecified atom stereocenters. The Morgan fingerprint density at radius 1 is 0.758 bits per heavy atom. The van der Waals surface area contributed by atoms with Gasteiger partial charge >= 0.3 is 0 Å². The van der Waals surface area contributed by atoms with Gasteiger partial charge in [0.1, 0.15) is 28.9 Å². The molecule has 0 amide bonds. The highest BCUT2D eigenvalue weighted by Crippen LogP contribution is 2.55. The lowest BCUT2D eigenvalue weighted by Gasteiger charge is -2.27. The van der Waals surface area contributed by atoms with E-state index in [4.69, 9.17) is 21.5 Å². The van der Waals surface area contributed by atoms with E-state index in [0.717, 1.165) is 12.6 Å². The Morgan fingerprint density at radius 2 is 1.24 bits per heavy atom. The van der Waals surface area contributed by atoms with Crippen molar-refractivity contribution in [1.82, 2.24) is 0 Å². The summed E-state index contributed by atoms with van der Waals surface area (Å²) in [4.78, 5) is 0. The highest BCUT2D eigenvalue weighted by molar-refractivity contribution is 7.95. The van der Waals surface area contributed by atoms with Gasteiger partial charge in [-0.3, -0.25) is 0 Å². The highest BCUT2D eigenvalue weighted by Gasteiger charge is 2.44. The van der Waals surface area contributed by atoms with E-state index < -0.39 is 12.5 Å². The first-order valence-corrected chi connectivity index (χ1v) is 13.2. The van der Waals surface area contributed by atoms with Gasteiger partial charge in [0.2, 0.25) is 0 Å². The van der Waals surface area contributed by atoms with Crippen LogP contribution in [0.2, 0.25) is 5.02 Å². The first kappa shape index (κ1) is 23.4. The average molecular weight is 479 g/mol. The summed E-state index contributed by atoms with van der Waals surface area (Å²) in [6, 6.07) is 36.8. The number of rotatable bonds is 9. The molecule has 4 rings (SSSR count). The molecule has 4 aromatic rings. The van der Waals surface area contributed by atoms with Crippen LogP contribution in [0.15, 0.2) is 109 Å². The van der Waals surface area contributed by atoms with Crippen molar-refractivity contribution in [2.24, 2.45) is 0 Å². The smallest absolute Gasteiger partial charge is 0.165 e. The van der Waals surface area contributed by atoms with Gasteiger partial charge in [0.15, 0.2) is 5.69 Å². The number of halogens is 1. The molecule has 0 aliphatic heterocycles. The lowest BCUT2D eigenvalue weighted by molar-refractivity contribution is -0.991. The maximum Gasteiger partial charge on any atom is 0.165 e. The van der Waals surface area contributed by atoms with Crippen LogP contribution in [0.1, 0.15) is 6.42 Å². The summed E-state index contributed by atoms with van der Waals surface area (Å²) < 4.78 is 5.97. The average Bonchev–Trinajstić information content (AvgIpc) is 2.86. The predicted molar refractivity (Wildman–Crippen MR) is 137 cm³/mol. The van der Waals surface area contributed by atoms with E-state index in [2.05, 4.69) is 91.0 Å². The number of nitrogens with one attached hydrogen (secondary N) is 1. The van der Waals surface area contributed by atoms with Crippen molar-refractivity contribution < 1.29 is 15.2 Å². The summed E-state index contributed by atoms with van der Waals surface area (Å²) >= 11 is 6.25. The Kier molecular flexibility index (Phi) is 7.77. The zero-order chi connectivity index (χ0) is 23.1. The summed E-state index contributed by atoms with van der Waals surface area (Å²) in [7, 11) is -1.90. The molecule has 0 aromatic heterocycles. The van der Waals surface area contributed by atoms with Gasteiger partial charge in [-0.05, 0) is 42.5 Å². The molecule has 4 nitrogen and oxygen atoms in total. The molecule has 0 bridgehead atoms. The van der Waals surface area contributed by atoms with Gasteiger partial charge in [-0.2, -0.15) is 5.23 Å². The minimum atomic E-state index is -1.90. The molecular weight excluding hydrogens is 453 g/mol. The van der Waals surface area contributed by atoms with Crippen molar-refractivity contribution in [2.75, 3.05) is 12.8 Å². The molecule has 0 fully saturated rings. The molecule has 168 valence electrons. The Morgan fingerprint density at radius 3 is 1.67 bits per heavy atom. The standard InChI is InChI=1S/C27H26ClNO3P/c28-26-21-22(29(30)31)17-18-27(26)32-19-10-20-33(23-11-4-1-5-12-23,24-13-6-2-7-14-24)25-15-8-3-9-16-25/h1-9,11-18,21,29-30H,10,19-20H2/q+1. The van der Waals surface area contributed by atoms with Gasteiger partial charge in [0.05, 0.1) is 17.8 Å². The number of hydrogen-bond donors (Lipinski definition) is 2. The second-order valence-corrected chi connectivity index (χ2v) is 11.7. The van der Waals surface area contributed by atoms with E-state index in [9.17, 15) is 5.21 Å². The first-order valence-electron chi connectivity index (χ1n) is 10.8. The molecule has 0 aliphatic rings. The molecule has 6 heteroatoms. The Hall–Kier alpha value is -2.72. The zero-order valence-electron chi connectivity index (χ0n) is 18.1. The molecule has 2 N–H and O–H groups in total. The molecule has 0 saturated carbocycles. The molecular formula is C27H26ClNO3P+. The molecule has 0 saturated heterocycles. The third kappa shape index (κ3) is 5.27.